The van der Waals surface area contributed by atoms with Gasteiger partial charge in [0, 0.05) is 24.1 Å². The molecule has 0 aromatic heterocycles. The molecule has 0 spiro atoms. The highest BCUT2D eigenvalue weighted by molar-refractivity contribution is 6.53. The molecule has 1 heterocycles. The number of halogens is 2. The predicted molar refractivity (Wildman–Crippen MR) is 90.4 cm³/mol. The smallest absolute Gasteiger partial charge is 0.229 e. The van der Waals surface area contributed by atoms with Crippen molar-refractivity contribution in [3.63, 3.8) is 0 Å². The van der Waals surface area contributed by atoms with Crippen LogP contribution < -0.4 is 14.8 Å². The van der Waals surface area contributed by atoms with Gasteiger partial charge in [-0.25, -0.2) is 0 Å². The molecule has 1 saturated carbocycles. The van der Waals surface area contributed by atoms with Gasteiger partial charge in [0.25, 0.3) is 0 Å². The minimum Gasteiger partial charge on any atom is -0.494 e. The number of hydrogen-bond donors (Lipinski definition) is 1. The van der Waals surface area contributed by atoms with Crippen molar-refractivity contribution in [2.24, 2.45) is 5.41 Å². The molecule has 1 aliphatic heterocycles. The molecule has 4 nitrogen and oxygen atoms in total. The van der Waals surface area contributed by atoms with E-state index in [0.717, 1.165) is 29.0 Å². The van der Waals surface area contributed by atoms with E-state index in [0.29, 0.717) is 19.6 Å². The van der Waals surface area contributed by atoms with Crippen molar-refractivity contribution in [1.82, 2.24) is 5.32 Å². The van der Waals surface area contributed by atoms with E-state index in [9.17, 15) is 4.79 Å². The monoisotopic (exact) mass is 357 g/mol. The molecule has 3 rings (SSSR count). The van der Waals surface area contributed by atoms with Crippen molar-refractivity contribution in [1.29, 1.82) is 0 Å². The number of benzene rings is 1. The second-order valence-corrected chi connectivity index (χ2v) is 8.01. The van der Waals surface area contributed by atoms with Gasteiger partial charge < -0.3 is 14.8 Å². The maximum atomic E-state index is 12.3. The third-order valence-corrected chi connectivity index (χ3v) is 5.68. The van der Waals surface area contributed by atoms with Crippen molar-refractivity contribution in [3.05, 3.63) is 23.3 Å². The highest BCUT2D eigenvalue weighted by Crippen LogP contribution is 2.63. The zero-order valence-electron chi connectivity index (χ0n) is 13.5. The predicted octanol–water partition coefficient (Wildman–Crippen LogP) is 3.61. The molecule has 2 atom stereocenters. The molecule has 1 amide bonds. The fraction of sp³-hybridized carbons (Fsp3) is 0.588. The molecule has 1 aliphatic carbocycles. The molecule has 2 unspecified atom stereocenters. The lowest BCUT2D eigenvalue weighted by atomic mass is 10.1. The maximum Gasteiger partial charge on any atom is 0.229 e. The summed E-state index contributed by atoms with van der Waals surface area (Å²) in [6.45, 7) is 6.68. The molecule has 0 bridgehead atoms. The first-order chi connectivity index (χ1) is 10.8. The number of alkyl halides is 2. The van der Waals surface area contributed by atoms with Gasteiger partial charge in [-0.05, 0) is 39.3 Å². The number of hydrogen-bond acceptors (Lipinski definition) is 3. The topological polar surface area (TPSA) is 47.6 Å². The fourth-order valence-corrected chi connectivity index (χ4v) is 3.63. The van der Waals surface area contributed by atoms with Gasteiger partial charge >= 0.3 is 0 Å². The molecule has 1 aromatic carbocycles. The Kier molecular flexibility index (Phi) is 4.18. The van der Waals surface area contributed by atoms with Crippen LogP contribution in [0, 0.1) is 5.41 Å². The summed E-state index contributed by atoms with van der Waals surface area (Å²) in [6.07, 6.45) is 1.52. The lowest BCUT2D eigenvalue weighted by Gasteiger charge is -2.16. The van der Waals surface area contributed by atoms with Gasteiger partial charge in [-0.15, -0.1) is 23.2 Å². The summed E-state index contributed by atoms with van der Waals surface area (Å²) in [7, 11) is 0. The number of carbonyl (C=O) groups excluding carboxylic acids is 1. The van der Waals surface area contributed by atoms with Crippen LogP contribution in [0.3, 0.4) is 0 Å². The molecule has 0 radical (unpaired) electrons. The quantitative estimate of drug-likeness (QED) is 0.818. The normalized spacial score (nSPS) is 27.1. The van der Waals surface area contributed by atoms with E-state index < -0.39 is 9.75 Å². The van der Waals surface area contributed by atoms with Crippen LogP contribution in [0.4, 0.5) is 0 Å². The van der Waals surface area contributed by atoms with E-state index in [2.05, 4.69) is 5.32 Å². The average molecular weight is 358 g/mol. The molecule has 1 N–H and O–H groups in total. The number of nitrogens with one attached hydrogen (secondary N) is 1. The van der Waals surface area contributed by atoms with Crippen LogP contribution in [0.5, 0.6) is 11.5 Å². The van der Waals surface area contributed by atoms with Crippen molar-refractivity contribution in [3.8, 4) is 11.5 Å². The van der Waals surface area contributed by atoms with Gasteiger partial charge in [0.1, 0.15) is 21.9 Å². The number of carbonyl (C=O) groups is 1. The standard InChI is InChI=1S/C17H21Cl2NO3/c1-4-22-13-6-11-5-10(2)23-14(11)7-12(13)8-20-15(21)16(3)9-17(16,18)19/h6-7,10H,4-5,8-9H2,1-3H3,(H,20,21). The first-order valence-electron chi connectivity index (χ1n) is 7.88. The van der Waals surface area contributed by atoms with Crippen LogP contribution in [0.1, 0.15) is 38.3 Å². The van der Waals surface area contributed by atoms with Crippen LogP contribution >= 0.6 is 23.2 Å². The summed E-state index contributed by atoms with van der Waals surface area (Å²) < 4.78 is 10.5. The Balaban J connectivity index is 1.75. The van der Waals surface area contributed by atoms with Gasteiger partial charge in [-0.1, -0.05) is 0 Å². The van der Waals surface area contributed by atoms with Crippen LogP contribution in [-0.2, 0) is 17.8 Å². The van der Waals surface area contributed by atoms with Gasteiger partial charge in [-0.3, -0.25) is 4.79 Å². The van der Waals surface area contributed by atoms with Crippen LogP contribution in [0.15, 0.2) is 12.1 Å². The van der Waals surface area contributed by atoms with E-state index in [1.165, 1.54) is 0 Å². The summed E-state index contributed by atoms with van der Waals surface area (Å²) in [6, 6.07) is 3.96. The molecule has 126 valence electrons. The summed E-state index contributed by atoms with van der Waals surface area (Å²) in [5.41, 5.74) is 1.32. The fourth-order valence-electron chi connectivity index (χ4n) is 2.93. The van der Waals surface area contributed by atoms with Crippen LogP contribution in [0.25, 0.3) is 0 Å². The van der Waals surface area contributed by atoms with E-state index >= 15 is 0 Å². The summed E-state index contributed by atoms with van der Waals surface area (Å²) in [5.74, 6) is 1.51. The molecular formula is C17H21Cl2NO3. The number of fused-ring (bicyclic) bond motifs is 1. The zero-order chi connectivity index (χ0) is 16.8. The lowest BCUT2D eigenvalue weighted by Crippen LogP contribution is -2.32. The molecule has 23 heavy (non-hydrogen) atoms. The molecule has 1 fully saturated rings. The largest absolute Gasteiger partial charge is 0.494 e. The van der Waals surface area contributed by atoms with Gasteiger partial charge in [0.15, 0.2) is 0 Å². The number of amides is 1. The van der Waals surface area contributed by atoms with Crippen molar-refractivity contribution >= 4 is 29.1 Å². The molecule has 6 heteroatoms. The van der Waals surface area contributed by atoms with Crippen molar-refractivity contribution in [2.45, 2.75) is 50.6 Å². The highest BCUT2D eigenvalue weighted by atomic mass is 35.5. The molecule has 1 aromatic rings. The van der Waals surface area contributed by atoms with E-state index in [1.54, 1.807) is 6.92 Å². The Labute approximate surface area is 146 Å². The zero-order valence-corrected chi connectivity index (χ0v) is 15.1. The highest BCUT2D eigenvalue weighted by Gasteiger charge is 2.67. The lowest BCUT2D eigenvalue weighted by molar-refractivity contribution is -0.125. The molecule has 2 aliphatic rings. The molecule has 0 saturated heterocycles. The van der Waals surface area contributed by atoms with Crippen molar-refractivity contribution < 1.29 is 14.3 Å². The maximum absolute atomic E-state index is 12.3. The average Bonchev–Trinajstić information content (AvgIpc) is 2.81. The Bertz CT molecular complexity index is 647. The second-order valence-electron chi connectivity index (χ2n) is 6.53. The van der Waals surface area contributed by atoms with E-state index in [-0.39, 0.29) is 12.0 Å². The van der Waals surface area contributed by atoms with E-state index in [4.69, 9.17) is 32.7 Å². The van der Waals surface area contributed by atoms with Gasteiger partial charge in [-0.2, -0.15) is 0 Å². The second kappa shape index (κ2) is 5.75. The third-order valence-electron chi connectivity index (χ3n) is 4.58. The SMILES string of the molecule is CCOc1cc2c(cc1CNC(=O)C1(C)CC1(Cl)Cl)OC(C)C2. The Morgan fingerprint density at radius 3 is 2.78 bits per heavy atom. The summed E-state index contributed by atoms with van der Waals surface area (Å²) in [4.78, 5) is 12.3. The summed E-state index contributed by atoms with van der Waals surface area (Å²) in [5, 5.41) is 2.91. The Morgan fingerprint density at radius 1 is 1.48 bits per heavy atom. The first kappa shape index (κ1) is 16.7. The van der Waals surface area contributed by atoms with Gasteiger partial charge in [0.05, 0.1) is 12.0 Å². The van der Waals surface area contributed by atoms with Crippen LogP contribution in [0.2, 0.25) is 0 Å². The Morgan fingerprint density at radius 2 is 2.17 bits per heavy atom. The summed E-state index contributed by atoms with van der Waals surface area (Å²) >= 11 is 12.1. The molecular weight excluding hydrogens is 337 g/mol. The van der Waals surface area contributed by atoms with E-state index in [1.807, 2.05) is 26.0 Å². The van der Waals surface area contributed by atoms with Gasteiger partial charge in [0.2, 0.25) is 5.91 Å². The minimum atomic E-state index is -0.962. The Hall–Kier alpha value is -1.13. The van der Waals surface area contributed by atoms with Crippen LogP contribution in [-0.4, -0.2) is 23.0 Å². The minimum absolute atomic E-state index is 0.139. The third kappa shape index (κ3) is 2.99. The number of rotatable bonds is 5. The van der Waals surface area contributed by atoms with Crippen molar-refractivity contribution in [2.75, 3.05) is 6.61 Å². The first-order valence-corrected chi connectivity index (χ1v) is 8.64. The number of ether oxygens (including phenoxy) is 2.